The molecular weight excluding hydrogens is 904 g/mol. The molecule has 10 heteroatoms. The molecule has 0 radical (unpaired) electrons. The minimum absolute atomic E-state index is 0.0455. The highest BCUT2D eigenvalue weighted by Crippen LogP contribution is 2.38. The van der Waals surface area contributed by atoms with E-state index in [1.54, 1.807) is 0 Å². The number of likely N-dealkylation sites (N-methyl/N-ethyl adjacent to an activating group) is 1. The predicted molar refractivity (Wildman–Crippen MR) is 304 cm³/mol. The lowest BCUT2D eigenvalue weighted by molar-refractivity contribution is -0.870. The summed E-state index contributed by atoms with van der Waals surface area (Å²) < 4.78 is 23.2. The van der Waals surface area contributed by atoms with Gasteiger partial charge in [-0.05, 0) is 77.0 Å². The number of hydrogen-bond donors (Lipinski definition) is 3. The van der Waals surface area contributed by atoms with Gasteiger partial charge < -0.3 is 34.0 Å². The number of phosphoric acid groups is 1. The summed E-state index contributed by atoms with van der Waals surface area (Å²) in [6.07, 6.45) is 64.8. The van der Waals surface area contributed by atoms with E-state index in [0.717, 1.165) is 44.9 Å². The number of carbonyl (C=O) groups is 1. The Kier molecular flexibility index (Phi) is 50.7. The number of allylic oxidation sites excluding steroid dienone is 8. The topological polar surface area (TPSA) is 128 Å². The number of hydrogen-bond acceptors (Lipinski definition) is 7. The van der Waals surface area contributed by atoms with Crippen molar-refractivity contribution in [1.29, 1.82) is 0 Å². The SMILES string of the molecule is CCCCCCC/C=C\C/C=C\C/C=C\CCCCCCCCCCCCCCCCCCCCCCC(=O)NC(COP(=O)([O-])OCC[N+](C)(C)C)C(O)C(O)CCC/C=C/CCCCCCCCC. The van der Waals surface area contributed by atoms with Crippen LogP contribution in [0.2, 0.25) is 0 Å². The van der Waals surface area contributed by atoms with Crippen molar-refractivity contribution < 1.29 is 38.0 Å². The average Bonchev–Trinajstić information content (AvgIpc) is 3.33. The first-order valence-electron chi connectivity index (χ1n) is 30.1. The molecule has 418 valence electrons. The fourth-order valence-electron chi connectivity index (χ4n) is 8.85. The van der Waals surface area contributed by atoms with E-state index in [2.05, 4.69) is 67.8 Å². The zero-order valence-corrected chi connectivity index (χ0v) is 48.2. The van der Waals surface area contributed by atoms with Gasteiger partial charge in [0.25, 0.3) is 7.82 Å². The molecule has 0 spiro atoms. The molecule has 3 N–H and O–H groups in total. The first-order chi connectivity index (χ1) is 34.4. The molecule has 0 aromatic carbocycles. The molecule has 9 nitrogen and oxygen atoms in total. The largest absolute Gasteiger partial charge is 0.756 e. The van der Waals surface area contributed by atoms with Crippen molar-refractivity contribution in [3.63, 3.8) is 0 Å². The van der Waals surface area contributed by atoms with E-state index < -0.39 is 32.7 Å². The molecule has 0 heterocycles. The number of nitrogens with one attached hydrogen (secondary N) is 1. The number of phosphoric ester groups is 1. The lowest BCUT2D eigenvalue weighted by Crippen LogP contribution is -2.51. The molecule has 0 rings (SSSR count). The van der Waals surface area contributed by atoms with Crippen LogP contribution in [0.3, 0.4) is 0 Å². The molecule has 0 aliphatic carbocycles. The third-order valence-corrected chi connectivity index (χ3v) is 14.6. The number of rotatable bonds is 55. The highest BCUT2D eigenvalue weighted by Gasteiger charge is 2.29. The Balaban J connectivity index is 4.04. The van der Waals surface area contributed by atoms with Gasteiger partial charge in [-0.2, -0.15) is 0 Å². The van der Waals surface area contributed by atoms with Crippen molar-refractivity contribution in [3.8, 4) is 0 Å². The second-order valence-electron chi connectivity index (χ2n) is 21.8. The molecular formula is C61H117N2O7P. The van der Waals surface area contributed by atoms with Gasteiger partial charge in [-0.3, -0.25) is 9.36 Å². The maximum atomic E-state index is 13.0. The van der Waals surface area contributed by atoms with Gasteiger partial charge in [-0.1, -0.05) is 242 Å². The van der Waals surface area contributed by atoms with Crippen LogP contribution >= 0.6 is 7.82 Å². The fourth-order valence-corrected chi connectivity index (χ4v) is 9.57. The maximum Gasteiger partial charge on any atom is 0.268 e. The summed E-state index contributed by atoms with van der Waals surface area (Å²) in [6, 6.07) is -1.09. The van der Waals surface area contributed by atoms with Crippen LogP contribution in [0.4, 0.5) is 0 Å². The standard InChI is InChI=1S/C61H117N2O7P/c1-6-8-10-12-14-16-18-20-21-22-23-24-25-26-27-28-29-30-31-32-33-34-35-36-37-38-39-40-41-42-44-46-48-50-52-54-60(65)62-58(57-70-71(67,68)69-56-55-63(3,4)5)61(66)59(64)53-51-49-47-45-43-19-17-15-13-11-9-7-2/h18,20,22-23,25-26,45,47,58-59,61,64,66H,6-17,19,21,24,27-44,46,48-57H2,1-5H3,(H-,62,65,67,68)/b20-18-,23-22-,26-25-,47-45+. The van der Waals surface area contributed by atoms with Gasteiger partial charge in [0.05, 0.1) is 39.9 Å². The second kappa shape index (κ2) is 51.9. The van der Waals surface area contributed by atoms with Crippen LogP contribution in [0.25, 0.3) is 0 Å². The summed E-state index contributed by atoms with van der Waals surface area (Å²) in [7, 11) is 1.11. The molecule has 0 aliphatic heterocycles. The van der Waals surface area contributed by atoms with E-state index in [-0.39, 0.29) is 18.9 Å². The molecule has 0 saturated heterocycles. The van der Waals surface area contributed by atoms with Gasteiger partial charge >= 0.3 is 0 Å². The van der Waals surface area contributed by atoms with Crippen molar-refractivity contribution in [2.75, 3.05) is 40.9 Å². The Morgan fingerprint density at radius 3 is 1.24 bits per heavy atom. The highest BCUT2D eigenvalue weighted by molar-refractivity contribution is 7.45. The smallest absolute Gasteiger partial charge is 0.268 e. The first-order valence-corrected chi connectivity index (χ1v) is 31.5. The van der Waals surface area contributed by atoms with Crippen LogP contribution in [0.15, 0.2) is 48.6 Å². The summed E-state index contributed by atoms with van der Waals surface area (Å²) in [5.74, 6) is -0.286. The monoisotopic (exact) mass is 1020 g/mol. The molecule has 0 saturated carbocycles. The number of amides is 1. The molecule has 0 aliphatic rings. The third-order valence-electron chi connectivity index (χ3n) is 13.6. The normalized spacial score (nSPS) is 14.6. The zero-order chi connectivity index (χ0) is 52.2. The third kappa shape index (κ3) is 53.1. The van der Waals surface area contributed by atoms with Crippen LogP contribution in [-0.2, 0) is 18.4 Å². The average molecular weight is 1020 g/mol. The number of quaternary nitrogens is 1. The zero-order valence-electron chi connectivity index (χ0n) is 47.3. The Labute approximate surface area is 440 Å². The molecule has 0 aromatic heterocycles. The van der Waals surface area contributed by atoms with Crippen molar-refractivity contribution >= 4 is 13.7 Å². The molecule has 0 bridgehead atoms. The minimum atomic E-state index is -4.68. The van der Waals surface area contributed by atoms with Crippen LogP contribution < -0.4 is 10.2 Å². The van der Waals surface area contributed by atoms with Crippen LogP contribution in [-0.4, -0.2) is 79.8 Å². The Morgan fingerprint density at radius 2 is 0.845 bits per heavy atom. The first kappa shape index (κ1) is 69.4. The van der Waals surface area contributed by atoms with E-state index in [0.29, 0.717) is 30.3 Å². The van der Waals surface area contributed by atoms with Crippen molar-refractivity contribution in [2.24, 2.45) is 0 Å². The minimum Gasteiger partial charge on any atom is -0.756 e. The number of aliphatic hydroxyl groups is 2. The van der Waals surface area contributed by atoms with Crippen molar-refractivity contribution in [3.05, 3.63) is 48.6 Å². The van der Waals surface area contributed by atoms with Gasteiger partial charge in [0.2, 0.25) is 5.91 Å². The number of nitrogens with zero attached hydrogens (tertiary/aromatic N) is 1. The van der Waals surface area contributed by atoms with E-state index in [1.807, 2.05) is 21.1 Å². The summed E-state index contributed by atoms with van der Waals surface area (Å²) in [5.41, 5.74) is 0. The Hall–Kier alpha value is -1.58. The molecule has 4 atom stereocenters. The molecule has 1 amide bonds. The van der Waals surface area contributed by atoms with Gasteiger partial charge in [-0.15, -0.1) is 0 Å². The van der Waals surface area contributed by atoms with Crippen LogP contribution in [0.5, 0.6) is 0 Å². The summed E-state index contributed by atoms with van der Waals surface area (Å²) >= 11 is 0. The summed E-state index contributed by atoms with van der Waals surface area (Å²) in [6.45, 7) is 4.41. The summed E-state index contributed by atoms with van der Waals surface area (Å²) in [4.78, 5) is 25.5. The quantitative estimate of drug-likeness (QED) is 0.0240. The van der Waals surface area contributed by atoms with Crippen molar-refractivity contribution in [1.82, 2.24) is 5.32 Å². The predicted octanol–water partition coefficient (Wildman–Crippen LogP) is 16.7. The number of carbonyl (C=O) groups excluding carboxylic acids is 1. The molecule has 0 aromatic rings. The van der Waals surface area contributed by atoms with Crippen LogP contribution in [0, 0.1) is 0 Å². The molecule has 71 heavy (non-hydrogen) atoms. The fraction of sp³-hybridized carbons (Fsp3) is 0.852. The Bertz CT molecular complexity index is 1310. The summed E-state index contributed by atoms with van der Waals surface area (Å²) in [5, 5.41) is 24.7. The van der Waals surface area contributed by atoms with Gasteiger partial charge in [0.15, 0.2) is 0 Å². The van der Waals surface area contributed by atoms with Crippen molar-refractivity contribution in [2.45, 2.75) is 295 Å². The maximum absolute atomic E-state index is 13.0. The van der Waals surface area contributed by atoms with Crippen LogP contribution in [0.1, 0.15) is 277 Å². The van der Waals surface area contributed by atoms with E-state index >= 15 is 0 Å². The molecule has 0 fully saturated rings. The Morgan fingerprint density at radius 1 is 0.507 bits per heavy atom. The van der Waals surface area contributed by atoms with Gasteiger partial charge in [0, 0.05) is 6.42 Å². The number of aliphatic hydroxyl groups excluding tert-OH is 2. The van der Waals surface area contributed by atoms with Gasteiger partial charge in [-0.25, -0.2) is 0 Å². The van der Waals surface area contributed by atoms with E-state index in [4.69, 9.17) is 9.05 Å². The second-order valence-corrected chi connectivity index (χ2v) is 23.2. The number of unbranched alkanes of at least 4 members (excludes halogenated alkanes) is 33. The lowest BCUT2D eigenvalue weighted by Gasteiger charge is -2.31. The van der Waals surface area contributed by atoms with Gasteiger partial charge in [0.1, 0.15) is 19.3 Å². The van der Waals surface area contributed by atoms with E-state index in [1.165, 1.54) is 193 Å². The highest BCUT2D eigenvalue weighted by atomic mass is 31.2. The van der Waals surface area contributed by atoms with E-state index in [9.17, 15) is 24.5 Å². The lowest BCUT2D eigenvalue weighted by atomic mass is 10.0. The molecule has 4 unspecified atom stereocenters.